The molecule has 4 aliphatic carbocycles. The standard InChI is InChI=1S/C14H18N2/c15-4-1-5-16-7-13-9-2-3-10(14(13)8-16)12-6-11(9)12/h2-3,9-14H,1,5-8H2. The summed E-state index contributed by atoms with van der Waals surface area (Å²) in [5.41, 5.74) is 0. The van der Waals surface area contributed by atoms with Crippen molar-refractivity contribution >= 4 is 0 Å². The molecular formula is C14H18N2. The number of nitriles is 1. The van der Waals surface area contributed by atoms with Crippen molar-refractivity contribution in [1.29, 1.82) is 5.26 Å². The van der Waals surface area contributed by atoms with E-state index >= 15 is 0 Å². The van der Waals surface area contributed by atoms with Crippen LogP contribution in [0.3, 0.4) is 0 Å². The highest BCUT2D eigenvalue weighted by Crippen LogP contribution is 2.64. The summed E-state index contributed by atoms with van der Waals surface area (Å²) < 4.78 is 0. The van der Waals surface area contributed by atoms with Gasteiger partial charge in [-0.3, -0.25) is 0 Å². The predicted molar refractivity (Wildman–Crippen MR) is 61.4 cm³/mol. The van der Waals surface area contributed by atoms with Crippen LogP contribution in [0.1, 0.15) is 12.8 Å². The smallest absolute Gasteiger partial charge is 0.0635 e. The van der Waals surface area contributed by atoms with Gasteiger partial charge in [0, 0.05) is 26.1 Å². The van der Waals surface area contributed by atoms with Crippen LogP contribution in [0.5, 0.6) is 0 Å². The summed E-state index contributed by atoms with van der Waals surface area (Å²) >= 11 is 0. The van der Waals surface area contributed by atoms with Gasteiger partial charge < -0.3 is 4.90 Å². The molecule has 0 aromatic carbocycles. The van der Waals surface area contributed by atoms with E-state index in [-0.39, 0.29) is 0 Å². The molecule has 0 aromatic heterocycles. The number of hydrogen-bond donors (Lipinski definition) is 0. The zero-order valence-corrected chi connectivity index (χ0v) is 9.55. The van der Waals surface area contributed by atoms with Crippen LogP contribution < -0.4 is 0 Å². The van der Waals surface area contributed by atoms with Gasteiger partial charge in [-0.1, -0.05) is 12.2 Å². The average Bonchev–Trinajstić information content (AvgIpc) is 3.00. The molecule has 6 atom stereocenters. The van der Waals surface area contributed by atoms with E-state index in [1.54, 1.807) is 0 Å². The van der Waals surface area contributed by atoms with Gasteiger partial charge in [0.1, 0.15) is 0 Å². The first-order valence-corrected chi connectivity index (χ1v) is 6.66. The Morgan fingerprint density at radius 1 is 1.06 bits per heavy atom. The minimum atomic E-state index is 0.703. The first-order valence-electron chi connectivity index (χ1n) is 6.66. The largest absolute Gasteiger partial charge is 0.302 e. The van der Waals surface area contributed by atoms with Gasteiger partial charge in [0.25, 0.3) is 0 Å². The third-order valence-electron chi connectivity index (χ3n) is 5.45. The van der Waals surface area contributed by atoms with Crippen LogP contribution in [0.4, 0.5) is 0 Å². The minimum Gasteiger partial charge on any atom is -0.302 e. The summed E-state index contributed by atoms with van der Waals surface area (Å²) in [4.78, 5) is 2.54. The molecule has 0 N–H and O–H groups in total. The van der Waals surface area contributed by atoms with Gasteiger partial charge in [-0.05, 0) is 41.9 Å². The molecule has 5 rings (SSSR count). The van der Waals surface area contributed by atoms with E-state index in [1.807, 2.05) is 0 Å². The van der Waals surface area contributed by atoms with Crippen LogP contribution in [0.25, 0.3) is 0 Å². The molecule has 3 fully saturated rings. The lowest BCUT2D eigenvalue weighted by atomic mass is 9.64. The lowest BCUT2D eigenvalue weighted by molar-refractivity contribution is 0.156. The molecule has 2 saturated carbocycles. The predicted octanol–water partition coefficient (Wildman–Crippen LogP) is 1.90. The van der Waals surface area contributed by atoms with Gasteiger partial charge in [-0.15, -0.1) is 0 Å². The van der Waals surface area contributed by atoms with Crippen molar-refractivity contribution in [3.63, 3.8) is 0 Å². The Morgan fingerprint density at radius 2 is 1.69 bits per heavy atom. The van der Waals surface area contributed by atoms with Crippen LogP contribution in [-0.4, -0.2) is 24.5 Å². The Balaban J connectivity index is 1.53. The van der Waals surface area contributed by atoms with E-state index in [9.17, 15) is 0 Å². The van der Waals surface area contributed by atoms with Crippen molar-refractivity contribution in [3.05, 3.63) is 12.2 Å². The van der Waals surface area contributed by atoms with Crippen LogP contribution in [-0.2, 0) is 0 Å². The van der Waals surface area contributed by atoms with E-state index in [2.05, 4.69) is 23.1 Å². The van der Waals surface area contributed by atoms with Crippen molar-refractivity contribution in [2.45, 2.75) is 12.8 Å². The van der Waals surface area contributed by atoms with Gasteiger partial charge in [-0.25, -0.2) is 0 Å². The van der Waals surface area contributed by atoms with E-state index in [0.29, 0.717) is 6.42 Å². The molecule has 1 saturated heterocycles. The Bertz CT molecular complexity index is 355. The van der Waals surface area contributed by atoms with E-state index in [0.717, 1.165) is 42.1 Å². The summed E-state index contributed by atoms with van der Waals surface area (Å²) in [5.74, 6) is 5.74. The fourth-order valence-electron chi connectivity index (χ4n) is 4.73. The summed E-state index contributed by atoms with van der Waals surface area (Å²) in [7, 11) is 0. The van der Waals surface area contributed by atoms with Crippen molar-refractivity contribution in [3.8, 4) is 6.07 Å². The summed E-state index contributed by atoms with van der Waals surface area (Å²) in [5, 5.41) is 8.66. The second-order valence-corrected chi connectivity index (χ2v) is 6.10. The minimum absolute atomic E-state index is 0.703. The number of hydrogen-bond acceptors (Lipinski definition) is 2. The molecule has 16 heavy (non-hydrogen) atoms. The van der Waals surface area contributed by atoms with Crippen molar-refractivity contribution in [2.24, 2.45) is 35.5 Å². The molecule has 1 aliphatic heterocycles. The number of rotatable bonds is 2. The van der Waals surface area contributed by atoms with Crippen LogP contribution in [0.15, 0.2) is 12.2 Å². The van der Waals surface area contributed by atoms with Crippen molar-refractivity contribution < 1.29 is 0 Å². The number of likely N-dealkylation sites (tertiary alicyclic amines) is 1. The highest BCUT2D eigenvalue weighted by atomic mass is 15.2. The van der Waals surface area contributed by atoms with Crippen LogP contribution >= 0.6 is 0 Å². The third kappa shape index (κ3) is 1.10. The molecule has 1 heterocycles. The number of nitrogens with zero attached hydrogens (tertiary/aromatic N) is 2. The van der Waals surface area contributed by atoms with Gasteiger partial charge in [0.05, 0.1) is 6.07 Å². The molecule has 0 spiro atoms. The maximum Gasteiger partial charge on any atom is 0.0635 e. The van der Waals surface area contributed by atoms with E-state index < -0.39 is 0 Å². The van der Waals surface area contributed by atoms with E-state index in [4.69, 9.17) is 5.26 Å². The van der Waals surface area contributed by atoms with Crippen LogP contribution in [0.2, 0.25) is 0 Å². The summed E-state index contributed by atoms with van der Waals surface area (Å²) in [6.45, 7) is 3.53. The molecule has 6 unspecified atom stereocenters. The first kappa shape index (κ1) is 9.24. The molecule has 2 heteroatoms. The molecule has 2 nitrogen and oxygen atoms in total. The maximum absolute atomic E-state index is 8.66. The normalized spacial score (nSPS) is 52.2. The Morgan fingerprint density at radius 3 is 2.25 bits per heavy atom. The first-order chi connectivity index (χ1) is 7.88. The van der Waals surface area contributed by atoms with Gasteiger partial charge in [0.15, 0.2) is 0 Å². The second-order valence-electron chi connectivity index (χ2n) is 6.10. The average molecular weight is 214 g/mol. The van der Waals surface area contributed by atoms with Gasteiger partial charge >= 0.3 is 0 Å². The van der Waals surface area contributed by atoms with Crippen molar-refractivity contribution in [2.75, 3.05) is 19.6 Å². The van der Waals surface area contributed by atoms with Gasteiger partial charge in [0.2, 0.25) is 0 Å². The zero-order valence-electron chi connectivity index (χ0n) is 9.55. The molecular weight excluding hydrogens is 196 g/mol. The summed E-state index contributed by atoms with van der Waals surface area (Å²) in [6, 6.07) is 2.27. The van der Waals surface area contributed by atoms with E-state index in [1.165, 1.54) is 19.5 Å². The quantitative estimate of drug-likeness (QED) is 0.656. The molecule has 0 amide bonds. The molecule has 2 bridgehead atoms. The monoisotopic (exact) mass is 214 g/mol. The molecule has 0 aromatic rings. The SMILES string of the molecule is N#CCCN1CC2C3C=CC(C4CC34)C2C1. The lowest BCUT2D eigenvalue weighted by Crippen LogP contribution is -2.37. The molecule has 84 valence electrons. The summed E-state index contributed by atoms with van der Waals surface area (Å²) in [6.07, 6.45) is 7.25. The highest BCUT2D eigenvalue weighted by molar-refractivity contribution is 5.22. The highest BCUT2D eigenvalue weighted by Gasteiger charge is 2.60. The number of allylic oxidation sites excluding steroid dienone is 2. The topological polar surface area (TPSA) is 27.0 Å². The van der Waals surface area contributed by atoms with Crippen molar-refractivity contribution in [1.82, 2.24) is 4.90 Å². The Kier molecular flexibility index (Phi) is 1.79. The fourth-order valence-corrected chi connectivity index (χ4v) is 4.73. The lowest BCUT2D eigenvalue weighted by Gasteiger charge is -2.40. The molecule has 0 radical (unpaired) electrons. The Hall–Kier alpha value is -0.810. The Labute approximate surface area is 96.9 Å². The van der Waals surface area contributed by atoms with Gasteiger partial charge in [-0.2, -0.15) is 5.26 Å². The fraction of sp³-hybridized carbons (Fsp3) is 0.786. The second kappa shape index (κ2) is 3.11. The third-order valence-corrected chi connectivity index (χ3v) is 5.45. The molecule has 5 aliphatic rings. The van der Waals surface area contributed by atoms with Crippen LogP contribution in [0, 0.1) is 46.8 Å². The maximum atomic E-state index is 8.66. The zero-order chi connectivity index (χ0) is 10.7.